The molecule has 0 unspecified atom stereocenters. The molecule has 6 nitrogen and oxygen atoms in total. The highest BCUT2D eigenvalue weighted by Crippen LogP contribution is 2.15. The quantitative estimate of drug-likeness (QED) is 0.581. The fourth-order valence-corrected chi connectivity index (χ4v) is 1.73. The lowest BCUT2D eigenvalue weighted by Crippen LogP contribution is -2.37. The normalized spacial score (nSPS) is 20.9. The number of methoxy groups -OCH3 is 1. The zero-order chi connectivity index (χ0) is 12.0. The minimum Gasteiger partial charge on any atom is -0.481 e. The molecule has 2 N–H and O–H groups in total. The van der Waals surface area contributed by atoms with Crippen LogP contribution in [0.3, 0.4) is 0 Å². The van der Waals surface area contributed by atoms with Crippen LogP contribution < -0.4 is 5.32 Å². The fourth-order valence-electron chi connectivity index (χ4n) is 1.73. The number of likely N-dealkylation sites (tertiary alicyclic amines) is 1. The van der Waals surface area contributed by atoms with Crippen molar-refractivity contribution in [1.82, 2.24) is 10.2 Å². The number of nitrogens with one attached hydrogen (secondary N) is 1. The van der Waals surface area contributed by atoms with Crippen LogP contribution in [0.1, 0.15) is 6.42 Å². The number of carboxylic acids is 1. The van der Waals surface area contributed by atoms with Crippen molar-refractivity contribution in [1.29, 1.82) is 0 Å². The van der Waals surface area contributed by atoms with Gasteiger partial charge >= 0.3 is 5.97 Å². The highest BCUT2D eigenvalue weighted by molar-refractivity contribution is 5.78. The summed E-state index contributed by atoms with van der Waals surface area (Å²) in [6.07, 6.45) is 0.626. The molecule has 6 heteroatoms. The van der Waals surface area contributed by atoms with Gasteiger partial charge in [-0.3, -0.25) is 14.5 Å². The molecule has 1 heterocycles. The molecule has 1 amide bonds. The average Bonchev–Trinajstić information content (AvgIpc) is 2.66. The Morgan fingerprint density at radius 1 is 1.56 bits per heavy atom. The maximum Gasteiger partial charge on any atom is 0.307 e. The SMILES string of the molecule is COCCNC(=O)CN1CC[C@H](C(=O)O)C1. The van der Waals surface area contributed by atoms with Gasteiger partial charge in [0.15, 0.2) is 0 Å². The molecular formula is C10H18N2O4. The second-order valence-electron chi connectivity index (χ2n) is 3.90. The van der Waals surface area contributed by atoms with Gasteiger partial charge in [0.1, 0.15) is 0 Å². The molecule has 1 atom stereocenters. The number of carboxylic acid groups (broad SMARTS) is 1. The summed E-state index contributed by atoms with van der Waals surface area (Å²) in [4.78, 5) is 24.0. The average molecular weight is 230 g/mol. The molecule has 1 aliphatic heterocycles. The lowest BCUT2D eigenvalue weighted by Gasteiger charge is -2.14. The van der Waals surface area contributed by atoms with E-state index in [-0.39, 0.29) is 18.4 Å². The van der Waals surface area contributed by atoms with Crippen LogP contribution in [0.5, 0.6) is 0 Å². The zero-order valence-electron chi connectivity index (χ0n) is 9.44. The molecule has 16 heavy (non-hydrogen) atoms. The van der Waals surface area contributed by atoms with Crippen LogP contribution in [0.15, 0.2) is 0 Å². The lowest BCUT2D eigenvalue weighted by molar-refractivity contribution is -0.141. The highest BCUT2D eigenvalue weighted by Gasteiger charge is 2.28. The van der Waals surface area contributed by atoms with Crippen molar-refractivity contribution >= 4 is 11.9 Å². The van der Waals surface area contributed by atoms with Gasteiger partial charge in [0, 0.05) is 20.2 Å². The molecule has 1 fully saturated rings. The van der Waals surface area contributed by atoms with Gasteiger partial charge in [-0.2, -0.15) is 0 Å². The first-order valence-corrected chi connectivity index (χ1v) is 5.34. The maximum atomic E-state index is 11.4. The number of rotatable bonds is 6. The number of hydrogen-bond donors (Lipinski definition) is 2. The topological polar surface area (TPSA) is 78.9 Å². The standard InChI is InChI=1S/C10H18N2O4/c1-16-5-3-11-9(13)7-12-4-2-8(6-12)10(14)15/h8H,2-7H2,1H3,(H,11,13)(H,14,15)/t8-/m0/s1. The zero-order valence-corrected chi connectivity index (χ0v) is 9.44. The van der Waals surface area contributed by atoms with E-state index < -0.39 is 5.97 Å². The van der Waals surface area contributed by atoms with Crippen molar-refractivity contribution in [3.8, 4) is 0 Å². The van der Waals surface area contributed by atoms with E-state index in [0.29, 0.717) is 32.7 Å². The van der Waals surface area contributed by atoms with Crippen LogP contribution in [0.25, 0.3) is 0 Å². The van der Waals surface area contributed by atoms with Gasteiger partial charge in [-0.05, 0) is 13.0 Å². The van der Waals surface area contributed by atoms with Crippen molar-refractivity contribution in [2.45, 2.75) is 6.42 Å². The van der Waals surface area contributed by atoms with Gasteiger partial charge in [0.2, 0.25) is 5.91 Å². The molecule has 0 aromatic carbocycles. The summed E-state index contributed by atoms with van der Waals surface area (Å²) in [6.45, 7) is 2.39. The van der Waals surface area contributed by atoms with Crippen molar-refractivity contribution in [3.05, 3.63) is 0 Å². The Kier molecular flexibility index (Phi) is 5.21. The van der Waals surface area contributed by atoms with Gasteiger partial charge in [-0.1, -0.05) is 0 Å². The summed E-state index contributed by atoms with van der Waals surface area (Å²) in [5, 5.41) is 11.5. The number of carbonyl (C=O) groups excluding carboxylic acids is 1. The number of nitrogens with zero attached hydrogens (tertiary/aromatic N) is 1. The first-order chi connectivity index (χ1) is 7.63. The van der Waals surface area contributed by atoms with Crippen LogP contribution in [-0.2, 0) is 14.3 Å². The third kappa shape index (κ3) is 4.16. The van der Waals surface area contributed by atoms with E-state index in [4.69, 9.17) is 9.84 Å². The monoisotopic (exact) mass is 230 g/mol. The summed E-state index contributed by atoms with van der Waals surface area (Å²) < 4.78 is 4.80. The van der Waals surface area contributed by atoms with E-state index in [9.17, 15) is 9.59 Å². The molecule has 0 radical (unpaired) electrons. The fraction of sp³-hybridized carbons (Fsp3) is 0.800. The molecule has 0 aromatic heterocycles. The van der Waals surface area contributed by atoms with Gasteiger partial charge in [-0.15, -0.1) is 0 Å². The van der Waals surface area contributed by atoms with Crippen molar-refractivity contribution < 1.29 is 19.4 Å². The number of aliphatic carboxylic acids is 1. The van der Waals surface area contributed by atoms with E-state index in [1.165, 1.54) is 0 Å². The summed E-state index contributed by atoms with van der Waals surface area (Å²) in [6, 6.07) is 0. The molecule has 0 aliphatic carbocycles. The smallest absolute Gasteiger partial charge is 0.307 e. The first kappa shape index (κ1) is 12.9. The van der Waals surface area contributed by atoms with Crippen molar-refractivity contribution in [2.75, 3.05) is 39.9 Å². The number of carbonyl (C=O) groups is 2. The second kappa shape index (κ2) is 6.44. The largest absolute Gasteiger partial charge is 0.481 e. The molecule has 1 saturated heterocycles. The predicted molar refractivity (Wildman–Crippen MR) is 57.1 cm³/mol. The molecular weight excluding hydrogens is 212 g/mol. The van der Waals surface area contributed by atoms with E-state index in [0.717, 1.165) is 0 Å². The van der Waals surface area contributed by atoms with Gasteiger partial charge in [0.25, 0.3) is 0 Å². The van der Waals surface area contributed by atoms with E-state index in [1.807, 2.05) is 4.90 Å². The van der Waals surface area contributed by atoms with Gasteiger partial charge < -0.3 is 15.2 Å². The third-order valence-corrected chi connectivity index (χ3v) is 2.62. The Labute approximate surface area is 94.6 Å². The van der Waals surface area contributed by atoms with Crippen LogP contribution in [0.4, 0.5) is 0 Å². The summed E-state index contributed by atoms with van der Waals surface area (Å²) in [7, 11) is 1.57. The number of hydrogen-bond acceptors (Lipinski definition) is 4. The Morgan fingerprint density at radius 3 is 2.88 bits per heavy atom. The minimum atomic E-state index is -0.776. The van der Waals surface area contributed by atoms with Crippen molar-refractivity contribution in [2.24, 2.45) is 5.92 Å². The molecule has 0 spiro atoms. The van der Waals surface area contributed by atoms with E-state index in [1.54, 1.807) is 7.11 Å². The molecule has 0 bridgehead atoms. The Morgan fingerprint density at radius 2 is 2.31 bits per heavy atom. The molecule has 92 valence electrons. The molecule has 0 saturated carbocycles. The third-order valence-electron chi connectivity index (χ3n) is 2.62. The maximum absolute atomic E-state index is 11.4. The van der Waals surface area contributed by atoms with Crippen molar-refractivity contribution in [3.63, 3.8) is 0 Å². The summed E-state index contributed by atoms with van der Waals surface area (Å²) in [5.41, 5.74) is 0. The van der Waals surface area contributed by atoms with E-state index >= 15 is 0 Å². The van der Waals surface area contributed by atoms with Crippen LogP contribution in [0, 0.1) is 5.92 Å². The number of ether oxygens (including phenoxy) is 1. The van der Waals surface area contributed by atoms with Crippen LogP contribution >= 0.6 is 0 Å². The summed E-state index contributed by atoms with van der Waals surface area (Å²) in [5.74, 6) is -1.18. The number of amides is 1. The first-order valence-electron chi connectivity index (χ1n) is 5.34. The lowest BCUT2D eigenvalue weighted by atomic mass is 10.1. The van der Waals surface area contributed by atoms with E-state index in [2.05, 4.69) is 5.32 Å². The van der Waals surface area contributed by atoms with Crippen LogP contribution in [0.2, 0.25) is 0 Å². The van der Waals surface area contributed by atoms with Gasteiger partial charge in [0.05, 0.1) is 19.1 Å². The molecule has 1 aliphatic rings. The predicted octanol–water partition coefficient (Wildman–Crippen LogP) is -0.844. The summed E-state index contributed by atoms with van der Waals surface area (Å²) >= 11 is 0. The van der Waals surface area contributed by atoms with Crippen LogP contribution in [-0.4, -0.2) is 61.8 Å². The molecule has 0 aromatic rings. The Bertz CT molecular complexity index is 257. The van der Waals surface area contributed by atoms with Gasteiger partial charge in [-0.25, -0.2) is 0 Å². The second-order valence-corrected chi connectivity index (χ2v) is 3.90. The highest BCUT2D eigenvalue weighted by atomic mass is 16.5. The molecule has 1 rings (SSSR count). The Balaban J connectivity index is 2.18. The minimum absolute atomic E-state index is 0.0805. The Hall–Kier alpha value is -1.14.